The second kappa shape index (κ2) is 4.11. The van der Waals surface area contributed by atoms with E-state index in [9.17, 15) is 0 Å². The molecule has 0 radical (unpaired) electrons. The number of benzene rings is 1. The monoisotopic (exact) mass is 288 g/mol. The number of rotatable bonds is 2. The molecule has 0 saturated heterocycles. The molecular weight excluding hydrogens is 275 g/mol. The summed E-state index contributed by atoms with van der Waals surface area (Å²) in [6.45, 7) is 5.92. The van der Waals surface area contributed by atoms with E-state index in [1.165, 1.54) is 0 Å². The van der Waals surface area contributed by atoms with Gasteiger partial charge in [-0.15, -0.1) is 0 Å². The third kappa shape index (κ3) is 2.22. The van der Waals surface area contributed by atoms with Crippen molar-refractivity contribution >= 4 is 33.9 Å². The molecule has 0 aliphatic carbocycles. The van der Waals surface area contributed by atoms with Gasteiger partial charge in [-0.25, -0.2) is 5.84 Å². The fraction of sp³-hybridized carbons (Fsp3) is 0.200. The summed E-state index contributed by atoms with van der Waals surface area (Å²) in [4.78, 5) is 0. The molecule has 0 spiro atoms. The molecule has 0 amide bonds. The van der Waals surface area contributed by atoms with E-state index in [2.05, 4.69) is 35.2 Å². The molecule has 0 aliphatic heterocycles. The maximum Gasteiger partial charge on any atom is 0.0653 e. The topological polar surface area (TPSA) is 29.3 Å². The van der Waals surface area contributed by atoms with Crippen LogP contribution >= 0.6 is 22.6 Å². The smallest absolute Gasteiger partial charge is 0.0653 e. The SMILES string of the molecule is C=C(C)c1cccc(N(C)N)c1I. The van der Waals surface area contributed by atoms with Crippen LogP contribution in [0.25, 0.3) is 5.57 Å². The number of hydrogen-bond donors (Lipinski definition) is 1. The number of hydrazine groups is 1. The van der Waals surface area contributed by atoms with Crippen molar-refractivity contribution in [2.24, 2.45) is 5.84 Å². The van der Waals surface area contributed by atoms with Crippen LogP contribution in [0.2, 0.25) is 0 Å². The van der Waals surface area contributed by atoms with E-state index in [4.69, 9.17) is 5.84 Å². The highest BCUT2D eigenvalue weighted by molar-refractivity contribution is 14.1. The summed E-state index contributed by atoms with van der Waals surface area (Å²) in [5, 5.41) is 1.62. The van der Waals surface area contributed by atoms with Crippen LogP contribution in [0.1, 0.15) is 12.5 Å². The Morgan fingerprint density at radius 2 is 2.15 bits per heavy atom. The maximum absolute atomic E-state index is 5.68. The van der Waals surface area contributed by atoms with E-state index >= 15 is 0 Å². The van der Waals surface area contributed by atoms with Gasteiger partial charge in [-0.3, -0.25) is 0 Å². The van der Waals surface area contributed by atoms with E-state index < -0.39 is 0 Å². The van der Waals surface area contributed by atoms with Gasteiger partial charge in [-0.05, 0) is 46.7 Å². The molecule has 0 unspecified atom stereocenters. The Morgan fingerprint density at radius 1 is 1.54 bits per heavy atom. The molecule has 0 bridgehead atoms. The predicted octanol–water partition coefficient (Wildman–Crippen LogP) is 2.63. The van der Waals surface area contributed by atoms with Crippen LogP contribution in [0.4, 0.5) is 5.69 Å². The molecule has 3 heteroatoms. The lowest BCUT2D eigenvalue weighted by Gasteiger charge is -2.16. The van der Waals surface area contributed by atoms with Gasteiger partial charge in [0.15, 0.2) is 0 Å². The average molecular weight is 288 g/mol. The van der Waals surface area contributed by atoms with Crippen molar-refractivity contribution < 1.29 is 0 Å². The molecule has 1 rings (SSSR count). The number of halogens is 1. The highest BCUT2D eigenvalue weighted by Crippen LogP contribution is 2.27. The van der Waals surface area contributed by atoms with Gasteiger partial charge in [0.25, 0.3) is 0 Å². The fourth-order valence-electron chi connectivity index (χ4n) is 1.12. The molecule has 1 aromatic rings. The second-order valence-corrected chi connectivity index (χ2v) is 4.11. The molecule has 0 heterocycles. The summed E-state index contributed by atoms with van der Waals surface area (Å²) in [7, 11) is 1.83. The molecule has 13 heavy (non-hydrogen) atoms. The minimum absolute atomic E-state index is 1.03. The molecule has 0 atom stereocenters. The van der Waals surface area contributed by atoms with Crippen molar-refractivity contribution in [3.8, 4) is 0 Å². The van der Waals surface area contributed by atoms with E-state index in [0.717, 1.165) is 20.4 Å². The zero-order valence-corrected chi connectivity index (χ0v) is 10.00. The summed E-state index contributed by atoms with van der Waals surface area (Å²) in [5.74, 6) is 5.68. The number of anilines is 1. The van der Waals surface area contributed by atoms with Crippen molar-refractivity contribution in [2.45, 2.75) is 6.92 Å². The Balaban J connectivity index is 3.26. The Morgan fingerprint density at radius 3 is 2.62 bits per heavy atom. The first-order valence-electron chi connectivity index (χ1n) is 3.97. The standard InChI is InChI=1S/C10H13IN2/c1-7(2)8-5-4-6-9(10(8)11)13(3)12/h4-6H,1,12H2,2-3H3. The normalized spacial score (nSPS) is 9.85. The van der Waals surface area contributed by atoms with E-state index in [1.807, 2.05) is 26.1 Å². The van der Waals surface area contributed by atoms with Gasteiger partial charge in [0.2, 0.25) is 0 Å². The lowest BCUT2D eigenvalue weighted by molar-refractivity contribution is 1.01. The Kier molecular flexibility index (Phi) is 3.33. The number of nitrogens with zero attached hydrogens (tertiary/aromatic N) is 1. The van der Waals surface area contributed by atoms with Crippen molar-refractivity contribution in [2.75, 3.05) is 12.1 Å². The van der Waals surface area contributed by atoms with E-state index in [0.29, 0.717) is 0 Å². The maximum atomic E-state index is 5.68. The molecule has 0 fully saturated rings. The second-order valence-electron chi connectivity index (χ2n) is 3.03. The molecule has 2 N–H and O–H groups in total. The molecule has 0 aromatic heterocycles. The van der Waals surface area contributed by atoms with E-state index in [1.54, 1.807) is 5.01 Å². The molecule has 1 aromatic carbocycles. The number of nitrogens with two attached hydrogens (primary N) is 1. The fourth-order valence-corrected chi connectivity index (χ4v) is 2.32. The molecule has 70 valence electrons. The first kappa shape index (κ1) is 10.5. The van der Waals surface area contributed by atoms with Gasteiger partial charge in [0.1, 0.15) is 0 Å². The van der Waals surface area contributed by atoms with Crippen LogP contribution in [-0.2, 0) is 0 Å². The van der Waals surface area contributed by atoms with Gasteiger partial charge in [0.05, 0.1) is 5.69 Å². The van der Waals surface area contributed by atoms with Crippen molar-refractivity contribution in [3.05, 3.63) is 33.9 Å². The van der Waals surface area contributed by atoms with Gasteiger partial charge in [0, 0.05) is 10.6 Å². The molecule has 2 nitrogen and oxygen atoms in total. The lowest BCUT2D eigenvalue weighted by Crippen LogP contribution is -2.26. The zero-order chi connectivity index (χ0) is 10.0. The van der Waals surface area contributed by atoms with Crippen molar-refractivity contribution in [1.29, 1.82) is 0 Å². The first-order valence-corrected chi connectivity index (χ1v) is 5.04. The summed E-state index contributed by atoms with van der Waals surface area (Å²) in [6.07, 6.45) is 0. The largest absolute Gasteiger partial charge is 0.313 e. The molecule has 0 aliphatic rings. The minimum atomic E-state index is 1.03. The minimum Gasteiger partial charge on any atom is -0.313 e. The van der Waals surface area contributed by atoms with Crippen molar-refractivity contribution in [3.63, 3.8) is 0 Å². The zero-order valence-electron chi connectivity index (χ0n) is 7.84. The van der Waals surface area contributed by atoms with Gasteiger partial charge < -0.3 is 5.01 Å². The average Bonchev–Trinajstić information content (AvgIpc) is 2.03. The van der Waals surface area contributed by atoms with Gasteiger partial charge in [-0.1, -0.05) is 18.7 Å². The highest BCUT2D eigenvalue weighted by atomic mass is 127. The molecular formula is C10H13IN2. The van der Waals surface area contributed by atoms with Crippen LogP contribution in [0.15, 0.2) is 24.8 Å². The van der Waals surface area contributed by atoms with Crippen LogP contribution in [0.3, 0.4) is 0 Å². The van der Waals surface area contributed by atoms with Gasteiger partial charge in [-0.2, -0.15) is 0 Å². The lowest BCUT2D eigenvalue weighted by atomic mass is 10.1. The summed E-state index contributed by atoms with van der Waals surface area (Å²) in [5.41, 5.74) is 3.25. The molecule has 0 saturated carbocycles. The summed E-state index contributed by atoms with van der Waals surface area (Å²) < 4.78 is 1.15. The Labute approximate surface area is 92.5 Å². The third-order valence-electron chi connectivity index (χ3n) is 1.82. The summed E-state index contributed by atoms with van der Waals surface area (Å²) >= 11 is 2.29. The van der Waals surface area contributed by atoms with Crippen LogP contribution < -0.4 is 10.9 Å². The quantitative estimate of drug-likeness (QED) is 0.515. The number of hydrogen-bond acceptors (Lipinski definition) is 2. The third-order valence-corrected chi connectivity index (χ3v) is 2.95. The van der Waals surface area contributed by atoms with E-state index in [-0.39, 0.29) is 0 Å². The van der Waals surface area contributed by atoms with Crippen molar-refractivity contribution in [1.82, 2.24) is 0 Å². The Bertz CT molecular complexity index is 332. The van der Waals surface area contributed by atoms with Crippen LogP contribution in [-0.4, -0.2) is 7.05 Å². The predicted molar refractivity (Wildman–Crippen MR) is 66.5 cm³/mol. The number of allylic oxidation sites excluding steroid dienone is 1. The first-order chi connectivity index (χ1) is 6.04. The Hall–Kier alpha value is -0.550. The van der Waals surface area contributed by atoms with Gasteiger partial charge >= 0.3 is 0 Å². The van der Waals surface area contributed by atoms with Crippen LogP contribution in [0.5, 0.6) is 0 Å². The summed E-state index contributed by atoms with van der Waals surface area (Å²) in [6, 6.07) is 6.04. The van der Waals surface area contributed by atoms with Crippen LogP contribution in [0, 0.1) is 3.57 Å². The highest BCUT2D eigenvalue weighted by Gasteiger charge is 2.06.